The molecule has 0 aliphatic carbocycles. The Kier molecular flexibility index (Phi) is 9.40. The number of likely N-dealkylation sites (tertiary alicyclic amines) is 1. The van der Waals surface area contributed by atoms with Crippen LogP contribution in [0.5, 0.6) is 23.0 Å². The number of aromatic hydroxyl groups is 3. The van der Waals surface area contributed by atoms with Crippen LogP contribution in [0.15, 0.2) is 70.3 Å². The molecule has 0 spiro atoms. The van der Waals surface area contributed by atoms with E-state index in [9.17, 15) is 39.6 Å². The lowest BCUT2D eigenvalue weighted by molar-refractivity contribution is -0.159. The number of nitrogens with one attached hydrogen (secondary N) is 1. The first kappa shape index (κ1) is 39.4. The van der Waals surface area contributed by atoms with Gasteiger partial charge in [-0.25, -0.2) is 24.2 Å². The van der Waals surface area contributed by atoms with Crippen molar-refractivity contribution >= 4 is 23.0 Å². The smallest absolute Gasteiger partial charge is 0.407 e. The summed E-state index contributed by atoms with van der Waals surface area (Å²) in [4.78, 5) is 61.0. The standard InChI is InChI=1S/C45H44N6O10/c1-5-27-29-15-24(52)9-12-34(29)46-39-31(27)20-50-35(39)18-33-32(41(50)55)21-60-42(56)45(33,6-2)38-16-26(13-14-49(38)44(58)59)61-25-10-7-23(8-11-25)51-40(47-48-43(51)57)30-17-28(22(3)4)36(53)19-37(30)54/h7-12,15,17-19,22,26,38,52-54H,5-6,13-14,16,20-21H2,1-4H3,(H,48,57)(H,58,59). The quantitative estimate of drug-likeness (QED) is 0.110. The SMILES string of the molecule is CCc1c2c(nc3ccc(O)cc13)-c1cc3c(c(=O)n1C2)COC(=O)C3(CC)C1CC(Oc2ccc(-n3c(-c4cc(C(C)C)c(O)cc4O)n[nH]c3=O)cc2)CCN1C(=O)O. The molecule has 3 aliphatic heterocycles. The predicted octanol–water partition coefficient (Wildman–Crippen LogP) is 6.06. The Labute approximate surface area is 348 Å². The van der Waals surface area contributed by atoms with Gasteiger partial charge < -0.3 is 39.4 Å². The summed E-state index contributed by atoms with van der Waals surface area (Å²) in [6, 6.07) is 15.3. The van der Waals surface area contributed by atoms with E-state index in [0.717, 1.165) is 16.5 Å². The number of pyridine rings is 2. The number of cyclic esters (lactones) is 1. The van der Waals surface area contributed by atoms with E-state index in [1.165, 1.54) is 15.5 Å². The molecule has 1 amide bonds. The molecule has 16 heteroatoms. The Morgan fingerprint density at radius 1 is 1.00 bits per heavy atom. The van der Waals surface area contributed by atoms with E-state index in [-0.39, 0.29) is 78.2 Å². The minimum Gasteiger partial charge on any atom is -0.508 e. The van der Waals surface area contributed by atoms with Crippen molar-refractivity contribution in [2.45, 2.75) is 90.0 Å². The zero-order valence-electron chi connectivity index (χ0n) is 33.9. The fourth-order valence-electron chi connectivity index (χ4n) is 9.70. The molecule has 0 bridgehead atoms. The van der Waals surface area contributed by atoms with E-state index >= 15 is 0 Å². The summed E-state index contributed by atoms with van der Waals surface area (Å²) in [5.74, 6) is -0.355. The predicted molar refractivity (Wildman–Crippen MR) is 223 cm³/mol. The Morgan fingerprint density at radius 2 is 1.77 bits per heavy atom. The Morgan fingerprint density at radius 3 is 2.48 bits per heavy atom. The number of hydrogen-bond acceptors (Lipinski definition) is 11. The summed E-state index contributed by atoms with van der Waals surface area (Å²) in [6.45, 7) is 7.62. The van der Waals surface area contributed by atoms with Crippen LogP contribution in [0.2, 0.25) is 0 Å². The van der Waals surface area contributed by atoms with Crippen LogP contribution in [-0.4, -0.2) is 80.4 Å². The summed E-state index contributed by atoms with van der Waals surface area (Å²) < 4.78 is 15.2. The molecule has 3 aromatic heterocycles. The number of ether oxygens (including phenoxy) is 2. The van der Waals surface area contributed by atoms with Gasteiger partial charge in [0.15, 0.2) is 5.82 Å². The monoisotopic (exact) mass is 828 g/mol. The Balaban J connectivity index is 1.06. The number of amides is 1. The van der Waals surface area contributed by atoms with Gasteiger partial charge in [-0.15, -0.1) is 0 Å². The van der Waals surface area contributed by atoms with Crippen LogP contribution in [0.25, 0.3) is 39.4 Å². The lowest BCUT2D eigenvalue weighted by atomic mass is 9.66. The molecule has 16 nitrogen and oxygen atoms in total. The molecule has 3 unspecified atom stereocenters. The maximum atomic E-state index is 14.4. The van der Waals surface area contributed by atoms with Crippen LogP contribution < -0.4 is 16.0 Å². The summed E-state index contributed by atoms with van der Waals surface area (Å²) >= 11 is 0. The maximum Gasteiger partial charge on any atom is 0.407 e. The second-order valence-electron chi connectivity index (χ2n) is 16.2. The highest BCUT2D eigenvalue weighted by Gasteiger charge is 2.56. The van der Waals surface area contributed by atoms with Gasteiger partial charge in [-0.05, 0) is 90.0 Å². The zero-order chi connectivity index (χ0) is 43.1. The number of H-pyrrole nitrogens is 1. The zero-order valence-corrected chi connectivity index (χ0v) is 33.9. The number of carbonyl (C=O) groups is 2. The highest BCUT2D eigenvalue weighted by Crippen LogP contribution is 2.47. The van der Waals surface area contributed by atoms with E-state index in [1.807, 2.05) is 26.8 Å². The highest BCUT2D eigenvalue weighted by molar-refractivity contribution is 5.91. The van der Waals surface area contributed by atoms with Crippen molar-refractivity contribution in [2.24, 2.45) is 0 Å². The topological polar surface area (TPSA) is 222 Å². The van der Waals surface area contributed by atoms with Gasteiger partial charge in [0.05, 0.1) is 46.3 Å². The number of rotatable bonds is 8. The van der Waals surface area contributed by atoms with E-state index in [2.05, 4.69) is 10.2 Å². The number of hydrogen-bond donors (Lipinski definition) is 5. The van der Waals surface area contributed by atoms with Crippen molar-refractivity contribution in [3.63, 3.8) is 0 Å². The number of nitrogens with zero attached hydrogens (tertiary/aromatic N) is 5. The van der Waals surface area contributed by atoms with Crippen LogP contribution >= 0.6 is 0 Å². The molecule has 0 saturated carbocycles. The first-order valence-electron chi connectivity index (χ1n) is 20.3. The van der Waals surface area contributed by atoms with Gasteiger partial charge in [-0.2, -0.15) is 5.10 Å². The second kappa shape index (κ2) is 14.6. The third-order valence-corrected chi connectivity index (χ3v) is 12.7. The Bertz CT molecular complexity index is 2920. The summed E-state index contributed by atoms with van der Waals surface area (Å²) in [6.07, 6.45) is -0.610. The number of aryl methyl sites for hydroxylation is 1. The fraction of sp³-hybridized carbons (Fsp3) is 0.333. The number of esters is 1. The van der Waals surface area contributed by atoms with Crippen molar-refractivity contribution in [1.82, 2.24) is 29.2 Å². The minimum absolute atomic E-state index is 0.0440. The number of benzene rings is 3. The van der Waals surface area contributed by atoms with Crippen molar-refractivity contribution < 1.29 is 39.5 Å². The minimum atomic E-state index is -1.56. The summed E-state index contributed by atoms with van der Waals surface area (Å²) in [7, 11) is 0. The maximum absolute atomic E-state index is 14.4. The fourth-order valence-corrected chi connectivity index (χ4v) is 9.70. The summed E-state index contributed by atoms with van der Waals surface area (Å²) in [5, 5.41) is 49.4. The van der Waals surface area contributed by atoms with E-state index in [0.29, 0.717) is 52.3 Å². The Hall–Kier alpha value is -7.10. The molecule has 6 heterocycles. The van der Waals surface area contributed by atoms with E-state index < -0.39 is 35.3 Å². The lowest BCUT2D eigenvalue weighted by Crippen LogP contribution is -2.62. The van der Waals surface area contributed by atoms with Gasteiger partial charge in [0.2, 0.25) is 0 Å². The largest absolute Gasteiger partial charge is 0.508 e. The van der Waals surface area contributed by atoms with Gasteiger partial charge >= 0.3 is 17.8 Å². The number of carboxylic acid groups (broad SMARTS) is 1. The number of phenolic OH excluding ortho intramolecular Hbond substituents is 3. The van der Waals surface area contributed by atoms with E-state index in [1.54, 1.807) is 60.0 Å². The number of phenols is 3. The molecule has 1 fully saturated rings. The van der Waals surface area contributed by atoms with Crippen LogP contribution in [0.3, 0.4) is 0 Å². The van der Waals surface area contributed by atoms with Crippen LogP contribution in [0.1, 0.15) is 80.7 Å². The number of aromatic nitrogens is 5. The van der Waals surface area contributed by atoms with Gasteiger partial charge in [0.1, 0.15) is 41.1 Å². The van der Waals surface area contributed by atoms with Gasteiger partial charge in [0.25, 0.3) is 5.56 Å². The molecule has 1 saturated heterocycles. The molecule has 314 valence electrons. The van der Waals surface area contributed by atoms with E-state index in [4.69, 9.17) is 14.5 Å². The molecule has 9 rings (SSSR count). The molecular formula is C45H44N6O10. The third kappa shape index (κ3) is 6.10. The first-order chi connectivity index (χ1) is 29.2. The number of aromatic amines is 1. The van der Waals surface area contributed by atoms with Gasteiger partial charge in [-0.3, -0.25) is 9.59 Å². The number of piperidine rings is 1. The third-order valence-electron chi connectivity index (χ3n) is 12.7. The number of fused-ring (bicyclic) bond motifs is 5. The van der Waals surface area contributed by atoms with Crippen LogP contribution in [0, 0.1) is 0 Å². The second-order valence-corrected chi connectivity index (χ2v) is 16.2. The van der Waals surface area contributed by atoms with Crippen LogP contribution in [0.4, 0.5) is 4.79 Å². The van der Waals surface area contributed by atoms with Crippen molar-refractivity contribution in [3.05, 3.63) is 109 Å². The average molecular weight is 829 g/mol. The highest BCUT2D eigenvalue weighted by atomic mass is 16.5. The molecule has 3 atom stereocenters. The van der Waals surface area contributed by atoms with Gasteiger partial charge in [0, 0.05) is 36.4 Å². The van der Waals surface area contributed by atoms with Crippen molar-refractivity contribution in [2.75, 3.05) is 6.54 Å². The lowest BCUT2D eigenvalue weighted by Gasteiger charge is -2.49. The van der Waals surface area contributed by atoms with Gasteiger partial charge in [-0.1, -0.05) is 27.7 Å². The molecule has 61 heavy (non-hydrogen) atoms. The normalized spacial score (nSPS) is 19.4. The van der Waals surface area contributed by atoms with Crippen LogP contribution in [-0.2, 0) is 34.5 Å². The molecule has 3 aliphatic rings. The number of carbonyl (C=O) groups excluding carboxylic acids is 1. The molecule has 0 radical (unpaired) electrons. The first-order valence-corrected chi connectivity index (χ1v) is 20.3. The van der Waals surface area contributed by atoms with Crippen molar-refractivity contribution in [1.29, 1.82) is 0 Å². The average Bonchev–Trinajstić information content (AvgIpc) is 3.80. The van der Waals surface area contributed by atoms with Crippen molar-refractivity contribution in [3.8, 4) is 51.5 Å². The molecule has 6 aromatic rings. The summed E-state index contributed by atoms with van der Waals surface area (Å²) in [5.41, 5.74) is 3.09. The molecule has 3 aromatic carbocycles. The molecular weight excluding hydrogens is 785 g/mol. The molecule has 5 N–H and O–H groups in total.